The van der Waals surface area contributed by atoms with Crippen molar-refractivity contribution in [2.24, 2.45) is 0 Å². The lowest BCUT2D eigenvalue weighted by molar-refractivity contribution is -0.131. The minimum absolute atomic E-state index is 0.0426. The Kier molecular flexibility index (Phi) is 7.80. The minimum Gasteiger partial charge on any atom is -0.379 e. The number of hydrogen-bond donors (Lipinski definition) is 1. The first-order chi connectivity index (χ1) is 15.5. The number of hydrogen-bond acceptors (Lipinski definition) is 6. The molecule has 2 amide bonds. The van der Waals surface area contributed by atoms with Crippen molar-refractivity contribution in [3.63, 3.8) is 0 Å². The van der Waals surface area contributed by atoms with Gasteiger partial charge in [0.1, 0.15) is 6.33 Å². The van der Waals surface area contributed by atoms with Gasteiger partial charge in [0.05, 0.1) is 12.6 Å². The van der Waals surface area contributed by atoms with Crippen LogP contribution < -0.4 is 10.2 Å². The predicted octanol–water partition coefficient (Wildman–Crippen LogP) is 3.78. The summed E-state index contributed by atoms with van der Waals surface area (Å²) in [4.78, 5) is 34.8. The van der Waals surface area contributed by atoms with Gasteiger partial charge in [-0.3, -0.25) is 14.5 Å². The van der Waals surface area contributed by atoms with Crippen LogP contribution in [-0.4, -0.2) is 52.2 Å². The maximum atomic E-state index is 14.1. The van der Waals surface area contributed by atoms with Gasteiger partial charge in [0.25, 0.3) is 17.4 Å². The number of aromatic nitrogens is 2. The molecule has 7 nitrogen and oxygen atoms in total. The first-order valence-electron chi connectivity index (χ1n) is 9.64. The number of carbonyl (C=O) groups is 2. The van der Waals surface area contributed by atoms with Gasteiger partial charge in [0.15, 0.2) is 5.54 Å². The average Bonchev–Trinajstić information content (AvgIpc) is 3.27. The van der Waals surface area contributed by atoms with E-state index in [1.54, 1.807) is 0 Å². The second-order valence-electron chi connectivity index (χ2n) is 7.25. The van der Waals surface area contributed by atoms with Gasteiger partial charge >= 0.3 is 5.51 Å². The molecular formula is C20H19ClF4N4O3S. The van der Waals surface area contributed by atoms with Crippen LogP contribution in [0.1, 0.15) is 18.9 Å². The highest BCUT2D eigenvalue weighted by molar-refractivity contribution is 8.00. The topological polar surface area (TPSA) is 84.4 Å². The number of ether oxygens (including phenoxy) is 1. The molecule has 3 rings (SSSR count). The molecule has 1 fully saturated rings. The zero-order chi connectivity index (χ0) is 24.2. The lowest BCUT2D eigenvalue weighted by atomic mass is 9.89. The molecule has 0 unspecified atom stereocenters. The predicted molar refractivity (Wildman–Crippen MR) is 113 cm³/mol. The molecule has 33 heavy (non-hydrogen) atoms. The van der Waals surface area contributed by atoms with Crippen LogP contribution in [0.4, 0.5) is 23.2 Å². The van der Waals surface area contributed by atoms with E-state index in [2.05, 4.69) is 15.3 Å². The molecule has 1 N–H and O–H groups in total. The Morgan fingerprint density at radius 1 is 1.24 bits per heavy atom. The summed E-state index contributed by atoms with van der Waals surface area (Å²) in [5, 5.41) is 2.77. The number of benzene rings is 1. The summed E-state index contributed by atoms with van der Waals surface area (Å²) in [5.74, 6) is -1.97. The molecule has 178 valence electrons. The monoisotopic (exact) mass is 506 g/mol. The van der Waals surface area contributed by atoms with Crippen LogP contribution in [-0.2, 0) is 19.9 Å². The Morgan fingerprint density at radius 3 is 2.39 bits per heavy atom. The van der Waals surface area contributed by atoms with Crippen LogP contribution in [0.25, 0.3) is 0 Å². The normalized spacial score (nSPS) is 18.9. The van der Waals surface area contributed by atoms with E-state index >= 15 is 0 Å². The number of alkyl halides is 5. The van der Waals surface area contributed by atoms with Gasteiger partial charge in [-0.15, -0.1) is 0 Å². The third-order valence-electron chi connectivity index (χ3n) is 5.01. The van der Waals surface area contributed by atoms with Crippen molar-refractivity contribution in [3.8, 4) is 0 Å². The fourth-order valence-electron chi connectivity index (χ4n) is 3.39. The molecule has 0 radical (unpaired) electrons. The Labute approximate surface area is 195 Å². The molecule has 0 saturated carbocycles. The van der Waals surface area contributed by atoms with Crippen molar-refractivity contribution < 1.29 is 31.9 Å². The quantitative estimate of drug-likeness (QED) is 0.349. The van der Waals surface area contributed by atoms with Crippen LogP contribution in [0.5, 0.6) is 0 Å². The molecule has 1 aliphatic rings. The molecule has 2 heterocycles. The summed E-state index contributed by atoms with van der Waals surface area (Å²) >= 11 is 5.12. The number of nitrogens with one attached hydrogen (secondary N) is 1. The molecule has 2 aromatic rings. The second-order valence-corrected chi connectivity index (χ2v) is 8.77. The van der Waals surface area contributed by atoms with Crippen molar-refractivity contribution in [1.29, 1.82) is 0 Å². The average molecular weight is 507 g/mol. The van der Waals surface area contributed by atoms with Gasteiger partial charge in [-0.2, -0.15) is 13.2 Å². The number of thioether (sulfide) groups is 1. The van der Waals surface area contributed by atoms with Crippen molar-refractivity contribution in [2.75, 3.05) is 18.1 Å². The highest BCUT2D eigenvalue weighted by atomic mass is 35.5. The lowest BCUT2D eigenvalue weighted by Gasteiger charge is -2.40. The number of amides is 2. The van der Waals surface area contributed by atoms with Crippen molar-refractivity contribution >= 4 is 40.9 Å². The summed E-state index contributed by atoms with van der Waals surface area (Å²) < 4.78 is 57.4. The van der Waals surface area contributed by atoms with Crippen molar-refractivity contribution in [1.82, 2.24) is 15.3 Å². The molecule has 0 spiro atoms. The zero-order valence-corrected chi connectivity index (χ0v) is 18.8. The first kappa shape index (κ1) is 25.2. The highest BCUT2D eigenvalue weighted by Gasteiger charge is 2.47. The van der Waals surface area contributed by atoms with E-state index in [1.807, 2.05) is 0 Å². The maximum absolute atomic E-state index is 14.1. The van der Waals surface area contributed by atoms with Gasteiger partial charge in [-0.1, -0.05) is 11.6 Å². The number of halogens is 5. The van der Waals surface area contributed by atoms with E-state index in [1.165, 1.54) is 37.8 Å². The van der Waals surface area contributed by atoms with E-state index in [-0.39, 0.29) is 40.6 Å². The summed E-state index contributed by atoms with van der Waals surface area (Å²) in [6, 6.07) is 4.24. The molecular weight excluding hydrogens is 488 g/mol. The summed E-state index contributed by atoms with van der Waals surface area (Å²) in [6.45, 7) is 2.05. The van der Waals surface area contributed by atoms with Gasteiger partial charge in [-0.05, 0) is 49.4 Å². The SMILES string of the molecule is C[C@](C(=O)N[C@@H]1CCOC1)(c1cncnc1)N(C(=O)[C@H](F)Cl)c1ccc(SC(F)(F)F)cc1. The molecule has 1 aliphatic heterocycles. The van der Waals surface area contributed by atoms with Crippen LogP contribution in [0.15, 0.2) is 47.9 Å². The van der Waals surface area contributed by atoms with E-state index in [0.29, 0.717) is 13.0 Å². The third kappa shape index (κ3) is 5.92. The number of rotatable bonds is 7. The number of nitrogens with zero attached hydrogens (tertiary/aromatic N) is 3. The highest BCUT2D eigenvalue weighted by Crippen LogP contribution is 2.39. The molecule has 1 saturated heterocycles. The minimum atomic E-state index is -4.52. The fraction of sp³-hybridized carbons (Fsp3) is 0.400. The molecule has 1 aromatic carbocycles. The number of carbonyl (C=O) groups excluding carboxylic acids is 2. The second kappa shape index (κ2) is 10.2. The smallest absolute Gasteiger partial charge is 0.379 e. The lowest BCUT2D eigenvalue weighted by Crippen LogP contribution is -2.60. The van der Waals surface area contributed by atoms with E-state index in [4.69, 9.17) is 16.3 Å². The first-order valence-corrected chi connectivity index (χ1v) is 10.9. The van der Waals surface area contributed by atoms with Crippen LogP contribution in [0.2, 0.25) is 0 Å². The van der Waals surface area contributed by atoms with Crippen molar-refractivity contribution in [2.45, 2.75) is 41.0 Å². The molecule has 13 heteroatoms. The molecule has 3 atom stereocenters. The van der Waals surface area contributed by atoms with Gasteiger partial charge in [0.2, 0.25) is 0 Å². The van der Waals surface area contributed by atoms with Crippen LogP contribution in [0, 0.1) is 0 Å². The number of anilines is 1. The molecule has 1 aromatic heterocycles. The fourth-order valence-corrected chi connectivity index (χ4v) is 4.02. The molecule has 0 aliphatic carbocycles. The zero-order valence-electron chi connectivity index (χ0n) is 17.2. The summed E-state index contributed by atoms with van der Waals surface area (Å²) in [7, 11) is 0. The Balaban J connectivity index is 2.08. The summed E-state index contributed by atoms with van der Waals surface area (Å²) in [6.07, 6.45) is 4.31. The third-order valence-corrected chi connectivity index (χ3v) is 5.94. The Morgan fingerprint density at radius 2 is 1.88 bits per heavy atom. The maximum Gasteiger partial charge on any atom is 0.446 e. The largest absolute Gasteiger partial charge is 0.446 e. The molecule has 0 bridgehead atoms. The summed E-state index contributed by atoms with van der Waals surface area (Å²) in [5.41, 5.74) is -8.84. The van der Waals surface area contributed by atoms with E-state index < -0.39 is 28.5 Å². The van der Waals surface area contributed by atoms with Gasteiger partial charge < -0.3 is 10.1 Å². The van der Waals surface area contributed by atoms with Crippen LogP contribution in [0.3, 0.4) is 0 Å². The Hall–Kier alpha value is -2.44. The van der Waals surface area contributed by atoms with Crippen LogP contribution >= 0.6 is 23.4 Å². The van der Waals surface area contributed by atoms with Gasteiger partial charge in [-0.25, -0.2) is 14.4 Å². The standard InChI is InChI=1S/C20H19ClF4N4O3S/c1-19(12-8-26-11-27-9-12,18(31)28-13-6-7-32-10-13)29(17(30)16(21)22)14-2-4-15(5-3-14)33-20(23,24)25/h2-5,8-9,11,13,16H,6-7,10H2,1H3,(H,28,31)/t13-,16+,19-/m1/s1. The van der Waals surface area contributed by atoms with E-state index in [0.717, 1.165) is 17.0 Å². The van der Waals surface area contributed by atoms with E-state index in [9.17, 15) is 27.2 Å². The Bertz CT molecular complexity index is 976. The van der Waals surface area contributed by atoms with Crippen molar-refractivity contribution in [3.05, 3.63) is 48.5 Å². The van der Waals surface area contributed by atoms with Gasteiger partial charge in [0, 0.05) is 35.1 Å².